The zero-order valence-electron chi connectivity index (χ0n) is 9.58. The molecule has 0 aliphatic heterocycles. The Kier molecular flexibility index (Phi) is 4.50. The van der Waals surface area contributed by atoms with Crippen LogP contribution >= 0.6 is 43.5 Å². The van der Waals surface area contributed by atoms with Crippen LogP contribution in [0.4, 0.5) is 11.4 Å². The third-order valence-corrected chi connectivity index (χ3v) is 3.61. The molecule has 6 heteroatoms. The minimum absolute atomic E-state index is 0.255. The predicted molar refractivity (Wildman–Crippen MR) is 85.7 cm³/mol. The van der Waals surface area contributed by atoms with E-state index in [1.54, 1.807) is 30.3 Å². The van der Waals surface area contributed by atoms with Crippen molar-refractivity contribution < 1.29 is 4.79 Å². The Balaban J connectivity index is 2.28. The van der Waals surface area contributed by atoms with Gasteiger partial charge in [-0.2, -0.15) is 0 Å². The highest BCUT2D eigenvalue weighted by Gasteiger charge is 2.10. The summed E-state index contributed by atoms with van der Waals surface area (Å²) in [5, 5.41) is 3.17. The second-order valence-corrected chi connectivity index (χ2v) is 6.09. The maximum absolute atomic E-state index is 12.1. The average molecular weight is 404 g/mol. The number of carbonyl (C=O) groups excluding carboxylic acids is 1. The molecule has 0 bridgehead atoms. The van der Waals surface area contributed by atoms with Gasteiger partial charge >= 0.3 is 0 Å². The molecule has 2 aromatic rings. The molecule has 0 aromatic heterocycles. The molecule has 98 valence electrons. The first kappa shape index (κ1) is 14.4. The third-order valence-electron chi connectivity index (χ3n) is 2.36. The van der Waals surface area contributed by atoms with E-state index in [4.69, 9.17) is 17.3 Å². The van der Waals surface area contributed by atoms with Crippen molar-refractivity contribution in [3.8, 4) is 0 Å². The van der Waals surface area contributed by atoms with E-state index in [1.165, 1.54) is 0 Å². The Morgan fingerprint density at radius 1 is 1.11 bits per heavy atom. The van der Waals surface area contributed by atoms with Crippen LogP contribution < -0.4 is 11.1 Å². The standard InChI is InChI=1S/C13H9Br2ClN2O/c14-8-3-7(4-9(15)5-8)13(19)18-12-6-10(17)1-2-11(12)16/h1-6H,17H2,(H,18,19). The molecule has 3 N–H and O–H groups in total. The van der Waals surface area contributed by atoms with Crippen LogP contribution in [-0.2, 0) is 0 Å². The number of amides is 1. The van der Waals surface area contributed by atoms with Crippen molar-refractivity contribution in [3.63, 3.8) is 0 Å². The van der Waals surface area contributed by atoms with Crippen molar-refractivity contribution in [2.45, 2.75) is 0 Å². The number of halogens is 3. The van der Waals surface area contributed by atoms with Crippen LogP contribution in [0, 0.1) is 0 Å². The molecule has 2 rings (SSSR count). The summed E-state index contributed by atoms with van der Waals surface area (Å²) in [6, 6.07) is 10.2. The molecule has 3 nitrogen and oxygen atoms in total. The van der Waals surface area contributed by atoms with E-state index in [0.717, 1.165) is 8.95 Å². The van der Waals surface area contributed by atoms with Crippen molar-refractivity contribution in [2.75, 3.05) is 11.1 Å². The number of nitrogens with two attached hydrogens (primary N) is 1. The van der Waals surface area contributed by atoms with Crippen LogP contribution in [-0.4, -0.2) is 5.91 Å². The zero-order chi connectivity index (χ0) is 14.0. The monoisotopic (exact) mass is 402 g/mol. The van der Waals surface area contributed by atoms with Gasteiger partial charge in [-0.15, -0.1) is 0 Å². The Labute approximate surface area is 132 Å². The Hall–Kier alpha value is -1.04. The summed E-state index contributed by atoms with van der Waals surface area (Å²) in [6.07, 6.45) is 0. The van der Waals surface area contributed by atoms with Gasteiger partial charge in [0.25, 0.3) is 5.91 Å². The highest BCUT2D eigenvalue weighted by Crippen LogP contribution is 2.26. The van der Waals surface area contributed by atoms with Gasteiger partial charge in [-0.05, 0) is 36.4 Å². The van der Waals surface area contributed by atoms with Crippen molar-refractivity contribution in [1.29, 1.82) is 0 Å². The average Bonchev–Trinajstić information content (AvgIpc) is 2.32. The molecule has 0 aliphatic rings. The molecule has 0 aliphatic carbocycles. The molecule has 0 saturated heterocycles. The summed E-state index contributed by atoms with van der Waals surface area (Å²) >= 11 is 12.7. The van der Waals surface area contributed by atoms with Crippen LogP contribution in [0.1, 0.15) is 10.4 Å². The van der Waals surface area contributed by atoms with Crippen LogP contribution in [0.15, 0.2) is 45.3 Å². The summed E-state index contributed by atoms with van der Waals surface area (Å²) in [5.41, 5.74) is 7.20. The van der Waals surface area contributed by atoms with E-state index in [2.05, 4.69) is 37.2 Å². The van der Waals surface area contributed by atoms with Gasteiger partial charge in [0.2, 0.25) is 0 Å². The second-order valence-electron chi connectivity index (χ2n) is 3.85. The maximum Gasteiger partial charge on any atom is 0.255 e. The molecular weight excluding hydrogens is 395 g/mol. The summed E-state index contributed by atoms with van der Waals surface area (Å²) in [6.45, 7) is 0. The lowest BCUT2D eigenvalue weighted by Gasteiger charge is -2.08. The lowest BCUT2D eigenvalue weighted by atomic mass is 10.2. The number of hydrogen-bond donors (Lipinski definition) is 2. The third kappa shape index (κ3) is 3.72. The second kappa shape index (κ2) is 5.94. The van der Waals surface area contributed by atoms with Crippen molar-refractivity contribution >= 4 is 60.7 Å². The zero-order valence-corrected chi connectivity index (χ0v) is 13.5. The molecule has 0 spiro atoms. The highest BCUT2D eigenvalue weighted by atomic mass is 79.9. The topological polar surface area (TPSA) is 55.1 Å². The van der Waals surface area contributed by atoms with Crippen LogP contribution in [0.3, 0.4) is 0 Å². The quantitative estimate of drug-likeness (QED) is 0.713. The Morgan fingerprint density at radius 3 is 2.37 bits per heavy atom. The van der Waals surface area contributed by atoms with E-state index in [-0.39, 0.29) is 5.91 Å². The number of carbonyl (C=O) groups is 1. The molecule has 0 unspecified atom stereocenters. The predicted octanol–water partition coefficient (Wildman–Crippen LogP) is 4.70. The Bertz CT molecular complexity index is 626. The fourth-order valence-corrected chi connectivity index (χ4v) is 2.98. The van der Waals surface area contributed by atoms with Crippen LogP contribution in [0.5, 0.6) is 0 Å². The minimum atomic E-state index is -0.255. The molecule has 19 heavy (non-hydrogen) atoms. The lowest BCUT2D eigenvalue weighted by molar-refractivity contribution is 0.102. The summed E-state index contributed by atoms with van der Waals surface area (Å²) in [4.78, 5) is 12.1. The molecule has 0 atom stereocenters. The number of anilines is 2. The van der Waals surface area contributed by atoms with Gasteiger partial charge in [0.15, 0.2) is 0 Å². The number of rotatable bonds is 2. The van der Waals surface area contributed by atoms with Gasteiger partial charge in [-0.3, -0.25) is 4.79 Å². The normalized spacial score (nSPS) is 10.3. The number of benzene rings is 2. The van der Waals surface area contributed by atoms with Gasteiger partial charge in [-0.25, -0.2) is 0 Å². The Morgan fingerprint density at radius 2 is 1.74 bits per heavy atom. The maximum atomic E-state index is 12.1. The van der Waals surface area contributed by atoms with E-state index in [1.807, 2.05) is 6.07 Å². The van der Waals surface area contributed by atoms with Gasteiger partial charge < -0.3 is 11.1 Å². The molecule has 0 saturated carbocycles. The first-order chi connectivity index (χ1) is 8.95. The fourth-order valence-electron chi connectivity index (χ4n) is 1.52. The number of hydrogen-bond acceptors (Lipinski definition) is 2. The largest absolute Gasteiger partial charge is 0.399 e. The van der Waals surface area contributed by atoms with Crippen LogP contribution in [0.2, 0.25) is 5.02 Å². The van der Waals surface area contributed by atoms with E-state index in [9.17, 15) is 4.79 Å². The van der Waals surface area contributed by atoms with Crippen molar-refractivity contribution in [3.05, 3.63) is 55.9 Å². The number of nitrogen functional groups attached to an aromatic ring is 1. The summed E-state index contributed by atoms with van der Waals surface area (Å²) < 4.78 is 1.62. The fraction of sp³-hybridized carbons (Fsp3) is 0. The summed E-state index contributed by atoms with van der Waals surface area (Å²) in [5.74, 6) is -0.255. The summed E-state index contributed by atoms with van der Waals surface area (Å²) in [7, 11) is 0. The van der Waals surface area contributed by atoms with Gasteiger partial charge in [0, 0.05) is 20.2 Å². The van der Waals surface area contributed by atoms with Crippen molar-refractivity contribution in [1.82, 2.24) is 0 Å². The molecular formula is C13H9Br2ClN2O. The molecule has 0 fully saturated rings. The SMILES string of the molecule is Nc1ccc(Cl)c(NC(=O)c2cc(Br)cc(Br)c2)c1. The molecule has 2 aromatic carbocycles. The molecule has 0 radical (unpaired) electrons. The number of nitrogens with one attached hydrogen (secondary N) is 1. The smallest absolute Gasteiger partial charge is 0.255 e. The van der Waals surface area contributed by atoms with Gasteiger partial charge in [0.05, 0.1) is 10.7 Å². The minimum Gasteiger partial charge on any atom is -0.399 e. The lowest BCUT2D eigenvalue weighted by Crippen LogP contribution is -2.12. The molecule has 1 amide bonds. The van der Waals surface area contributed by atoms with Gasteiger partial charge in [0.1, 0.15) is 0 Å². The van der Waals surface area contributed by atoms with Crippen LogP contribution in [0.25, 0.3) is 0 Å². The van der Waals surface area contributed by atoms with E-state index < -0.39 is 0 Å². The van der Waals surface area contributed by atoms with E-state index in [0.29, 0.717) is 22.0 Å². The van der Waals surface area contributed by atoms with Gasteiger partial charge in [-0.1, -0.05) is 43.5 Å². The first-order valence-electron chi connectivity index (χ1n) is 5.28. The molecule has 0 heterocycles. The highest BCUT2D eigenvalue weighted by molar-refractivity contribution is 9.11. The van der Waals surface area contributed by atoms with E-state index >= 15 is 0 Å². The first-order valence-corrected chi connectivity index (χ1v) is 7.24. The van der Waals surface area contributed by atoms with Crippen molar-refractivity contribution in [2.24, 2.45) is 0 Å².